The Kier molecular flexibility index (Phi) is 5.40. The second kappa shape index (κ2) is 8.30. The van der Waals surface area contributed by atoms with Crippen LogP contribution in [0.25, 0.3) is 22.0 Å². The van der Waals surface area contributed by atoms with Gasteiger partial charge >= 0.3 is 0 Å². The topological polar surface area (TPSA) is 3.88 Å². The number of pyridine rings is 1. The van der Waals surface area contributed by atoms with Crippen LogP contribution in [-0.2, 0) is 7.05 Å². The van der Waals surface area contributed by atoms with E-state index < -0.39 is 5.89 Å². The molecule has 0 fully saturated rings. The highest BCUT2D eigenvalue weighted by Crippen LogP contribution is 2.36. The minimum absolute atomic E-state index is 0.493. The molecule has 0 N–H and O–H groups in total. The van der Waals surface area contributed by atoms with Crippen LogP contribution in [0.15, 0.2) is 42.6 Å². The Hall–Kier alpha value is -2.15. The van der Waals surface area contributed by atoms with Gasteiger partial charge in [0, 0.05) is 7.44 Å². The minimum atomic E-state index is -0.672. The smallest absolute Gasteiger partial charge is 0.200 e. The number of hydrogen-bond acceptors (Lipinski definition) is 0. The fraction of sp³-hybridized carbons (Fsp3) is 0.464. The van der Waals surface area contributed by atoms with E-state index in [2.05, 4.69) is 71.9 Å². The predicted octanol–water partition coefficient (Wildman–Crippen LogP) is 7.47. The van der Waals surface area contributed by atoms with Crippen LogP contribution in [0.1, 0.15) is 78.3 Å². The fourth-order valence-corrected chi connectivity index (χ4v) is 4.79. The molecule has 29 heavy (non-hydrogen) atoms. The van der Waals surface area contributed by atoms with Crippen LogP contribution < -0.4 is 4.57 Å². The molecule has 0 aliphatic heterocycles. The van der Waals surface area contributed by atoms with Crippen molar-refractivity contribution in [2.75, 3.05) is 0 Å². The summed E-state index contributed by atoms with van der Waals surface area (Å²) in [4.78, 5) is 0. The highest BCUT2D eigenvalue weighted by atomic mass is 14.9. The summed E-state index contributed by atoms with van der Waals surface area (Å²) in [7, 11) is 1.98. The molecular weight excluding hydrogens is 350 g/mol. The van der Waals surface area contributed by atoms with Gasteiger partial charge in [-0.2, -0.15) is 0 Å². The molecule has 0 amide bonds. The second-order valence-electron chi connectivity index (χ2n) is 9.51. The summed E-state index contributed by atoms with van der Waals surface area (Å²) in [5.41, 5.74) is 6.94. The Bertz CT molecular complexity index is 1110. The van der Waals surface area contributed by atoms with E-state index in [1.165, 1.54) is 16.7 Å². The molecule has 0 atom stereocenters. The van der Waals surface area contributed by atoms with Crippen LogP contribution in [-0.4, -0.2) is 0 Å². The molecule has 0 unspecified atom stereocenters. The summed E-state index contributed by atoms with van der Waals surface area (Å²) in [6.45, 7) is 17.3. The van der Waals surface area contributed by atoms with Gasteiger partial charge in [-0.3, -0.25) is 0 Å². The molecule has 0 aliphatic carbocycles. The summed E-state index contributed by atoms with van der Waals surface area (Å²) >= 11 is 0. The lowest BCUT2D eigenvalue weighted by Gasteiger charge is -2.25. The molecule has 1 nitrogen and oxygen atoms in total. The van der Waals surface area contributed by atoms with Crippen LogP contribution in [0.5, 0.6) is 0 Å². The first-order valence-corrected chi connectivity index (χ1v) is 10.9. The molecule has 0 radical (unpaired) electrons. The maximum atomic E-state index is 8.67. The Morgan fingerprint density at radius 2 is 1.52 bits per heavy atom. The van der Waals surface area contributed by atoms with Gasteiger partial charge < -0.3 is 0 Å². The van der Waals surface area contributed by atoms with E-state index >= 15 is 0 Å². The quantitative estimate of drug-likeness (QED) is 0.398. The molecule has 0 bridgehead atoms. The maximum Gasteiger partial charge on any atom is 0.220 e. The van der Waals surface area contributed by atoms with Crippen LogP contribution in [0.3, 0.4) is 0 Å². The van der Waals surface area contributed by atoms with Crippen molar-refractivity contribution in [2.24, 2.45) is 18.9 Å². The molecule has 1 heteroatoms. The van der Waals surface area contributed by atoms with Crippen molar-refractivity contribution in [3.05, 3.63) is 64.8 Å². The molecule has 0 saturated heterocycles. The first kappa shape index (κ1) is 18.9. The molecule has 0 spiro atoms. The van der Waals surface area contributed by atoms with Crippen LogP contribution in [0, 0.1) is 25.7 Å². The van der Waals surface area contributed by atoms with Gasteiger partial charge in [0.1, 0.15) is 8.42 Å². The van der Waals surface area contributed by atoms with Crippen molar-refractivity contribution in [1.29, 1.82) is 0 Å². The van der Waals surface area contributed by atoms with E-state index in [-0.39, 0.29) is 0 Å². The SMILES string of the molecule is [2H]c1cc2cc(C(C(C)C)C(C)C)ccc2c(-c2cc(C([2H])(C)C)cc(C)c2C)[n+]1C. The third kappa shape index (κ3) is 4.10. The van der Waals surface area contributed by atoms with Gasteiger partial charge in [-0.15, -0.1) is 0 Å². The van der Waals surface area contributed by atoms with Crippen LogP contribution in [0.4, 0.5) is 0 Å². The zero-order valence-corrected chi connectivity index (χ0v) is 19.6. The molecule has 0 saturated carbocycles. The first-order chi connectivity index (χ1) is 14.3. The zero-order chi connectivity index (χ0) is 23.2. The van der Waals surface area contributed by atoms with Crippen molar-refractivity contribution < 1.29 is 7.31 Å². The third-order valence-electron chi connectivity index (χ3n) is 6.40. The number of fused-ring (bicyclic) bond motifs is 1. The number of benzene rings is 2. The molecule has 1 aromatic heterocycles. The monoisotopic (exact) mass is 390 g/mol. The highest BCUT2D eigenvalue weighted by Gasteiger charge is 2.23. The number of nitrogens with zero attached hydrogens (tertiary/aromatic N) is 1. The Morgan fingerprint density at radius 3 is 2.10 bits per heavy atom. The van der Waals surface area contributed by atoms with Gasteiger partial charge in [0.2, 0.25) is 5.69 Å². The summed E-state index contributed by atoms with van der Waals surface area (Å²) in [6.07, 6.45) is 0.498. The van der Waals surface area contributed by atoms with Gasteiger partial charge in [-0.1, -0.05) is 59.7 Å². The minimum Gasteiger partial charge on any atom is -0.200 e. The van der Waals surface area contributed by atoms with Crippen molar-refractivity contribution in [3.8, 4) is 11.3 Å². The van der Waals surface area contributed by atoms with Gasteiger partial charge in [-0.05, 0) is 77.3 Å². The largest absolute Gasteiger partial charge is 0.220 e. The van der Waals surface area contributed by atoms with Crippen molar-refractivity contribution >= 4 is 10.8 Å². The fourth-order valence-electron chi connectivity index (χ4n) is 4.79. The van der Waals surface area contributed by atoms with Gasteiger partial charge in [0.25, 0.3) is 0 Å². The predicted molar refractivity (Wildman–Crippen MR) is 127 cm³/mol. The van der Waals surface area contributed by atoms with Gasteiger partial charge in [0.15, 0.2) is 6.17 Å². The normalized spacial score (nSPS) is 13.5. The van der Waals surface area contributed by atoms with E-state index in [0.29, 0.717) is 23.9 Å². The number of aryl methyl sites for hydroxylation is 1. The summed E-state index contributed by atoms with van der Waals surface area (Å²) < 4.78 is 19.2. The zero-order valence-electron chi connectivity index (χ0n) is 21.6. The Balaban J connectivity index is 2.34. The molecular formula is C28H38N+. The lowest BCUT2D eigenvalue weighted by molar-refractivity contribution is -0.659. The van der Waals surface area contributed by atoms with Crippen molar-refractivity contribution in [3.63, 3.8) is 0 Å². The lowest BCUT2D eigenvalue weighted by atomic mass is 9.79. The molecule has 3 rings (SSSR count). The number of rotatable bonds is 5. The van der Waals surface area contributed by atoms with Crippen LogP contribution in [0.2, 0.25) is 0 Å². The Morgan fingerprint density at radius 1 is 0.862 bits per heavy atom. The van der Waals surface area contributed by atoms with E-state index in [9.17, 15) is 0 Å². The summed E-state index contributed by atoms with van der Waals surface area (Å²) in [6, 6.07) is 13.1. The standard InChI is InChI=1S/C28H38N/c1-17(2)24-14-20(7)21(8)26(16-24)28-25-11-10-23(27(18(3)4)19(5)6)15-22(25)12-13-29(28)9/h10-19,27H,1-9H3/q+1/i13D,17D. The second-order valence-corrected chi connectivity index (χ2v) is 9.51. The molecule has 3 aromatic rings. The van der Waals surface area contributed by atoms with Crippen molar-refractivity contribution in [2.45, 2.75) is 67.2 Å². The van der Waals surface area contributed by atoms with Gasteiger partial charge in [0.05, 0.1) is 10.9 Å². The molecule has 2 aromatic carbocycles. The van der Waals surface area contributed by atoms with E-state index in [1.54, 1.807) is 0 Å². The average Bonchev–Trinajstić information content (AvgIpc) is 2.64. The summed E-state index contributed by atoms with van der Waals surface area (Å²) in [5.74, 6) is 0.947. The highest BCUT2D eigenvalue weighted by molar-refractivity contribution is 5.94. The van der Waals surface area contributed by atoms with Crippen molar-refractivity contribution in [1.82, 2.24) is 0 Å². The van der Waals surface area contributed by atoms with Gasteiger partial charge in [-0.25, -0.2) is 4.57 Å². The van der Waals surface area contributed by atoms with E-state index in [4.69, 9.17) is 2.74 Å². The number of aromatic nitrogens is 1. The first-order valence-electron chi connectivity index (χ1n) is 11.9. The maximum absolute atomic E-state index is 8.67. The molecule has 154 valence electrons. The average molecular weight is 391 g/mol. The Labute approximate surface area is 180 Å². The van der Waals surface area contributed by atoms with E-state index in [0.717, 1.165) is 27.6 Å². The molecule has 1 heterocycles. The van der Waals surface area contributed by atoms with Crippen LogP contribution >= 0.6 is 0 Å². The van der Waals surface area contributed by atoms with E-state index in [1.807, 2.05) is 31.5 Å². The third-order valence-corrected chi connectivity index (χ3v) is 6.40. The number of hydrogen-bond donors (Lipinski definition) is 0. The summed E-state index contributed by atoms with van der Waals surface area (Å²) in [5, 5.41) is 2.28. The lowest BCUT2D eigenvalue weighted by Crippen LogP contribution is -2.31. The molecule has 0 aliphatic rings.